The molecule has 1 heterocycles. The number of aromatic nitrogens is 1. The summed E-state index contributed by atoms with van der Waals surface area (Å²) in [5.41, 5.74) is 0.958. The third-order valence-corrected chi connectivity index (χ3v) is 3.59. The Hall–Kier alpha value is -1.03. The van der Waals surface area contributed by atoms with Crippen LogP contribution in [0.25, 0.3) is 0 Å². The van der Waals surface area contributed by atoms with Gasteiger partial charge in [0.05, 0.1) is 5.69 Å². The maximum atomic E-state index is 13.3. The Balaban J connectivity index is 1.81. The number of rotatable bonds is 4. The summed E-state index contributed by atoms with van der Waals surface area (Å²) in [5, 5.41) is 3.31. The zero-order valence-electron chi connectivity index (χ0n) is 10.7. The van der Waals surface area contributed by atoms with Gasteiger partial charge in [-0.2, -0.15) is 0 Å². The number of alkyl halides is 2. The van der Waals surface area contributed by atoms with Crippen LogP contribution < -0.4 is 5.32 Å². The highest BCUT2D eigenvalue weighted by Crippen LogP contribution is 2.36. The monoisotopic (exact) mass is 254 g/mol. The fourth-order valence-electron chi connectivity index (χ4n) is 2.53. The highest BCUT2D eigenvalue weighted by atomic mass is 19.3. The molecule has 18 heavy (non-hydrogen) atoms. The van der Waals surface area contributed by atoms with Gasteiger partial charge in [0, 0.05) is 25.1 Å². The SMILES string of the molecule is C[C@H](NCC1CCCC(F)(F)C1)c1ccccn1. The Kier molecular flexibility index (Phi) is 4.27. The molecule has 0 amide bonds. The standard InChI is InChI=1S/C14H20F2N2/c1-11(13-6-2-3-8-17-13)18-10-12-5-4-7-14(15,16)9-12/h2-3,6,8,11-12,18H,4-5,7,9-10H2,1H3/t11-,12?/m0/s1. The van der Waals surface area contributed by atoms with E-state index in [0.717, 1.165) is 12.1 Å². The van der Waals surface area contributed by atoms with Gasteiger partial charge in [-0.3, -0.25) is 4.98 Å². The first kappa shape index (κ1) is 13.4. The fourth-order valence-corrected chi connectivity index (χ4v) is 2.53. The maximum Gasteiger partial charge on any atom is 0.248 e. The second-order valence-electron chi connectivity index (χ2n) is 5.20. The zero-order chi connectivity index (χ0) is 13.0. The van der Waals surface area contributed by atoms with Crippen molar-refractivity contribution in [1.29, 1.82) is 0 Å². The first-order valence-corrected chi connectivity index (χ1v) is 6.59. The van der Waals surface area contributed by atoms with Gasteiger partial charge in [-0.15, -0.1) is 0 Å². The van der Waals surface area contributed by atoms with Crippen molar-refractivity contribution in [3.05, 3.63) is 30.1 Å². The molecule has 100 valence electrons. The molecule has 0 aromatic carbocycles. The van der Waals surface area contributed by atoms with Crippen LogP contribution in [0.5, 0.6) is 0 Å². The molecule has 1 fully saturated rings. The first-order chi connectivity index (χ1) is 8.57. The van der Waals surface area contributed by atoms with E-state index < -0.39 is 5.92 Å². The van der Waals surface area contributed by atoms with E-state index in [0.29, 0.717) is 13.0 Å². The summed E-state index contributed by atoms with van der Waals surface area (Å²) in [5.74, 6) is -2.38. The van der Waals surface area contributed by atoms with Crippen LogP contribution in [0.2, 0.25) is 0 Å². The molecule has 1 aliphatic rings. The lowest BCUT2D eigenvalue weighted by molar-refractivity contribution is -0.0522. The van der Waals surface area contributed by atoms with Gasteiger partial charge >= 0.3 is 0 Å². The molecule has 4 heteroatoms. The Labute approximate surface area is 107 Å². The fraction of sp³-hybridized carbons (Fsp3) is 0.643. The molecule has 0 saturated heterocycles. The highest BCUT2D eigenvalue weighted by molar-refractivity contribution is 5.07. The molecule has 2 nitrogen and oxygen atoms in total. The van der Waals surface area contributed by atoms with Crippen molar-refractivity contribution in [3.63, 3.8) is 0 Å². The summed E-state index contributed by atoms with van der Waals surface area (Å²) in [4.78, 5) is 4.26. The van der Waals surface area contributed by atoms with Gasteiger partial charge in [-0.05, 0) is 44.4 Å². The molecule has 1 unspecified atom stereocenters. The van der Waals surface area contributed by atoms with Crippen molar-refractivity contribution in [1.82, 2.24) is 10.3 Å². The minimum absolute atomic E-state index is 0.0228. The van der Waals surface area contributed by atoms with Gasteiger partial charge in [0.25, 0.3) is 0 Å². The van der Waals surface area contributed by atoms with Crippen molar-refractivity contribution < 1.29 is 8.78 Å². The van der Waals surface area contributed by atoms with Crippen molar-refractivity contribution in [3.8, 4) is 0 Å². The number of nitrogens with zero attached hydrogens (tertiary/aromatic N) is 1. The van der Waals surface area contributed by atoms with Gasteiger partial charge < -0.3 is 5.32 Å². The van der Waals surface area contributed by atoms with Crippen molar-refractivity contribution >= 4 is 0 Å². The van der Waals surface area contributed by atoms with Crippen molar-refractivity contribution in [2.24, 2.45) is 5.92 Å². The average Bonchev–Trinajstić information content (AvgIpc) is 2.36. The molecule has 0 aliphatic heterocycles. The zero-order valence-corrected chi connectivity index (χ0v) is 10.7. The molecule has 1 aromatic rings. The number of hydrogen-bond acceptors (Lipinski definition) is 2. The third-order valence-electron chi connectivity index (χ3n) is 3.59. The van der Waals surface area contributed by atoms with Gasteiger partial charge in [-0.25, -0.2) is 8.78 Å². The van der Waals surface area contributed by atoms with Crippen LogP contribution in [-0.2, 0) is 0 Å². The molecule has 0 radical (unpaired) electrons. The largest absolute Gasteiger partial charge is 0.309 e. The molecule has 1 N–H and O–H groups in total. The van der Waals surface area contributed by atoms with E-state index >= 15 is 0 Å². The van der Waals surface area contributed by atoms with Gasteiger partial charge in [0.2, 0.25) is 5.92 Å². The second-order valence-corrected chi connectivity index (χ2v) is 5.20. The van der Waals surface area contributed by atoms with Crippen LogP contribution in [0, 0.1) is 5.92 Å². The van der Waals surface area contributed by atoms with Gasteiger partial charge in [-0.1, -0.05) is 6.07 Å². The maximum absolute atomic E-state index is 13.3. The minimum atomic E-state index is -2.46. The van der Waals surface area contributed by atoms with E-state index in [1.807, 2.05) is 25.1 Å². The molecule has 1 saturated carbocycles. The quantitative estimate of drug-likeness (QED) is 0.888. The van der Waals surface area contributed by atoms with E-state index in [-0.39, 0.29) is 24.8 Å². The Morgan fingerprint density at radius 2 is 2.33 bits per heavy atom. The van der Waals surface area contributed by atoms with Crippen LogP contribution in [0.15, 0.2) is 24.4 Å². The van der Waals surface area contributed by atoms with E-state index in [2.05, 4.69) is 10.3 Å². The topological polar surface area (TPSA) is 24.9 Å². The van der Waals surface area contributed by atoms with Crippen molar-refractivity contribution in [2.75, 3.05) is 6.54 Å². The Morgan fingerprint density at radius 3 is 3.00 bits per heavy atom. The summed E-state index contributed by atoms with van der Waals surface area (Å²) >= 11 is 0. The molecule has 0 bridgehead atoms. The lowest BCUT2D eigenvalue weighted by Crippen LogP contribution is -2.33. The summed E-state index contributed by atoms with van der Waals surface area (Å²) in [7, 11) is 0. The summed E-state index contributed by atoms with van der Waals surface area (Å²) in [6.07, 6.45) is 3.37. The molecule has 0 spiro atoms. The summed E-state index contributed by atoms with van der Waals surface area (Å²) < 4.78 is 26.5. The molecule has 2 rings (SSSR count). The third kappa shape index (κ3) is 3.73. The molecule has 2 atom stereocenters. The van der Waals surface area contributed by atoms with Gasteiger partial charge in [0.1, 0.15) is 0 Å². The second kappa shape index (κ2) is 5.74. The van der Waals surface area contributed by atoms with Gasteiger partial charge in [0.15, 0.2) is 0 Å². The Morgan fingerprint density at radius 1 is 1.50 bits per heavy atom. The Bertz CT molecular complexity index is 367. The number of halogens is 2. The van der Waals surface area contributed by atoms with E-state index in [4.69, 9.17) is 0 Å². The van der Waals surface area contributed by atoms with E-state index in [9.17, 15) is 8.78 Å². The van der Waals surface area contributed by atoms with Crippen LogP contribution in [-0.4, -0.2) is 17.5 Å². The molecule has 1 aliphatic carbocycles. The average molecular weight is 254 g/mol. The highest BCUT2D eigenvalue weighted by Gasteiger charge is 2.35. The normalized spacial score (nSPS) is 24.7. The van der Waals surface area contributed by atoms with Crippen molar-refractivity contribution in [2.45, 2.75) is 44.6 Å². The lowest BCUT2D eigenvalue weighted by atomic mass is 9.86. The lowest BCUT2D eigenvalue weighted by Gasteiger charge is -2.29. The van der Waals surface area contributed by atoms with Crippen LogP contribution in [0.1, 0.15) is 44.3 Å². The molecule has 1 aromatic heterocycles. The number of hydrogen-bond donors (Lipinski definition) is 1. The number of nitrogens with one attached hydrogen (secondary N) is 1. The summed E-state index contributed by atoms with van der Waals surface area (Å²) in [6.45, 7) is 2.66. The van der Waals surface area contributed by atoms with E-state index in [1.54, 1.807) is 6.20 Å². The first-order valence-electron chi connectivity index (χ1n) is 6.59. The predicted octanol–water partition coefficient (Wildman–Crippen LogP) is 3.56. The predicted molar refractivity (Wildman–Crippen MR) is 67.6 cm³/mol. The minimum Gasteiger partial charge on any atom is -0.309 e. The van der Waals surface area contributed by atoms with E-state index in [1.165, 1.54) is 0 Å². The van der Waals surface area contributed by atoms with Crippen LogP contribution in [0.4, 0.5) is 8.78 Å². The van der Waals surface area contributed by atoms with Crippen LogP contribution >= 0.6 is 0 Å². The molecular weight excluding hydrogens is 234 g/mol. The smallest absolute Gasteiger partial charge is 0.248 e. The summed E-state index contributed by atoms with van der Waals surface area (Å²) in [6, 6.07) is 5.88. The molecular formula is C14H20F2N2. The van der Waals surface area contributed by atoms with Crippen LogP contribution in [0.3, 0.4) is 0 Å². The number of pyridine rings is 1.